The minimum absolute atomic E-state index is 0.0123. The standard InChI is InChI=1S/C13H22N2O4/c1-4-5-6-7-14-12(19)15-10(16)8-13(2,3)9-11(17)18/h4-5H,6-9H2,1-3H3,(H,17,18)(H2,14,15,16,19)/b5-4+. The Bertz CT molecular complexity index is 362. The second-order valence-corrected chi connectivity index (χ2v) is 5.07. The number of imide groups is 1. The maximum Gasteiger partial charge on any atom is 0.321 e. The van der Waals surface area contributed by atoms with Gasteiger partial charge in [-0.15, -0.1) is 0 Å². The van der Waals surface area contributed by atoms with Gasteiger partial charge in [0.2, 0.25) is 5.91 Å². The Hall–Kier alpha value is -1.85. The van der Waals surface area contributed by atoms with Gasteiger partial charge in [0, 0.05) is 13.0 Å². The second-order valence-electron chi connectivity index (χ2n) is 5.07. The van der Waals surface area contributed by atoms with Crippen molar-refractivity contribution >= 4 is 17.9 Å². The summed E-state index contributed by atoms with van der Waals surface area (Å²) in [7, 11) is 0. The Kier molecular flexibility index (Phi) is 7.48. The Morgan fingerprint density at radius 1 is 1.21 bits per heavy atom. The Labute approximate surface area is 113 Å². The molecule has 0 heterocycles. The normalized spacial score (nSPS) is 11.3. The third-order valence-corrected chi connectivity index (χ3v) is 2.35. The van der Waals surface area contributed by atoms with Gasteiger partial charge in [0.1, 0.15) is 0 Å². The quantitative estimate of drug-likeness (QED) is 0.484. The first kappa shape index (κ1) is 17.2. The van der Waals surface area contributed by atoms with Gasteiger partial charge in [-0.3, -0.25) is 14.9 Å². The van der Waals surface area contributed by atoms with Crippen LogP contribution in [0.2, 0.25) is 0 Å². The largest absolute Gasteiger partial charge is 0.481 e. The van der Waals surface area contributed by atoms with Crippen LogP contribution in [0, 0.1) is 5.41 Å². The molecule has 0 aromatic carbocycles. The van der Waals surface area contributed by atoms with Crippen molar-refractivity contribution in [3.8, 4) is 0 Å². The molecule has 0 saturated heterocycles. The van der Waals surface area contributed by atoms with E-state index in [1.807, 2.05) is 19.1 Å². The van der Waals surface area contributed by atoms with Crippen LogP contribution in [0.5, 0.6) is 0 Å². The number of amides is 3. The van der Waals surface area contributed by atoms with Crippen LogP contribution < -0.4 is 10.6 Å². The molecule has 0 saturated carbocycles. The molecular weight excluding hydrogens is 248 g/mol. The van der Waals surface area contributed by atoms with Gasteiger partial charge < -0.3 is 10.4 Å². The molecule has 6 nitrogen and oxygen atoms in total. The summed E-state index contributed by atoms with van der Waals surface area (Å²) in [6, 6.07) is -0.555. The molecule has 0 bridgehead atoms. The lowest BCUT2D eigenvalue weighted by atomic mass is 9.85. The van der Waals surface area contributed by atoms with E-state index in [0.29, 0.717) is 13.0 Å². The van der Waals surface area contributed by atoms with Crippen molar-refractivity contribution in [2.75, 3.05) is 6.54 Å². The van der Waals surface area contributed by atoms with Crippen LogP contribution in [0.15, 0.2) is 12.2 Å². The van der Waals surface area contributed by atoms with E-state index in [1.165, 1.54) is 0 Å². The second kappa shape index (κ2) is 8.29. The molecule has 0 rings (SSSR count). The van der Waals surface area contributed by atoms with E-state index in [4.69, 9.17) is 5.11 Å². The molecule has 3 amide bonds. The number of nitrogens with one attached hydrogen (secondary N) is 2. The van der Waals surface area contributed by atoms with E-state index in [1.54, 1.807) is 13.8 Å². The number of allylic oxidation sites excluding steroid dienone is 1. The topological polar surface area (TPSA) is 95.5 Å². The molecule has 108 valence electrons. The molecule has 0 atom stereocenters. The molecule has 0 aliphatic rings. The summed E-state index contributed by atoms with van der Waals surface area (Å²) in [5.74, 6) is -1.44. The highest BCUT2D eigenvalue weighted by molar-refractivity contribution is 5.94. The van der Waals surface area contributed by atoms with E-state index >= 15 is 0 Å². The molecule has 0 aliphatic carbocycles. The first-order valence-electron chi connectivity index (χ1n) is 6.17. The summed E-state index contributed by atoms with van der Waals surface area (Å²) < 4.78 is 0. The number of urea groups is 1. The fraction of sp³-hybridized carbons (Fsp3) is 0.615. The van der Waals surface area contributed by atoms with E-state index in [0.717, 1.165) is 0 Å². The van der Waals surface area contributed by atoms with Crippen LogP contribution in [0.25, 0.3) is 0 Å². The fourth-order valence-corrected chi connectivity index (χ4v) is 1.56. The smallest absolute Gasteiger partial charge is 0.321 e. The molecule has 3 N–H and O–H groups in total. The number of hydrogen-bond donors (Lipinski definition) is 3. The van der Waals surface area contributed by atoms with Gasteiger partial charge in [-0.1, -0.05) is 26.0 Å². The lowest BCUT2D eigenvalue weighted by Crippen LogP contribution is -2.41. The average molecular weight is 270 g/mol. The van der Waals surface area contributed by atoms with Crippen LogP contribution in [-0.4, -0.2) is 29.6 Å². The minimum Gasteiger partial charge on any atom is -0.481 e. The van der Waals surface area contributed by atoms with Crippen LogP contribution in [0.3, 0.4) is 0 Å². The summed E-state index contributed by atoms with van der Waals surface area (Å²) in [4.78, 5) is 33.5. The number of aliphatic carboxylic acids is 1. The van der Waals surface area contributed by atoms with Crippen molar-refractivity contribution in [3.05, 3.63) is 12.2 Å². The number of carboxylic acid groups (broad SMARTS) is 1. The minimum atomic E-state index is -0.964. The molecule has 0 radical (unpaired) electrons. The van der Waals surface area contributed by atoms with Crippen molar-refractivity contribution in [1.29, 1.82) is 0 Å². The fourth-order valence-electron chi connectivity index (χ4n) is 1.56. The van der Waals surface area contributed by atoms with Crippen molar-refractivity contribution in [2.24, 2.45) is 5.41 Å². The van der Waals surface area contributed by atoms with Crippen molar-refractivity contribution < 1.29 is 19.5 Å². The maximum absolute atomic E-state index is 11.6. The molecular formula is C13H22N2O4. The lowest BCUT2D eigenvalue weighted by molar-refractivity contribution is -0.139. The van der Waals surface area contributed by atoms with E-state index in [-0.39, 0.29) is 12.8 Å². The van der Waals surface area contributed by atoms with Gasteiger partial charge >= 0.3 is 12.0 Å². The zero-order valence-corrected chi connectivity index (χ0v) is 11.7. The van der Waals surface area contributed by atoms with Crippen LogP contribution >= 0.6 is 0 Å². The van der Waals surface area contributed by atoms with Gasteiger partial charge in [-0.05, 0) is 18.8 Å². The molecule has 0 fully saturated rings. The SMILES string of the molecule is C/C=C/CCNC(=O)NC(=O)CC(C)(C)CC(=O)O. The molecule has 6 heteroatoms. The van der Waals surface area contributed by atoms with Gasteiger partial charge in [0.25, 0.3) is 0 Å². The molecule has 0 unspecified atom stereocenters. The number of hydrogen-bond acceptors (Lipinski definition) is 3. The summed E-state index contributed by atoms with van der Waals surface area (Å²) >= 11 is 0. The zero-order valence-electron chi connectivity index (χ0n) is 11.7. The average Bonchev–Trinajstić information content (AvgIpc) is 2.21. The maximum atomic E-state index is 11.6. The predicted molar refractivity (Wildman–Crippen MR) is 71.6 cm³/mol. The first-order chi connectivity index (χ1) is 8.76. The zero-order chi connectivity index (χ0) is 14.9. The Morgan fingerprint density at radius 3 is 2.37 bits per heavy atom. The molecule has 0 aromatic heterocycles. The highest BCUT2D eigenvalue weighted by Crippen LogP contribution is 2.24. The number of carbonyl (C=O) groups is 3. The Balaban J connectivity index is 4.02. The number of rotatable bonds is 7. The highest BCUT2D eigenvalue weighted by Gasteiger charge is 2.25. The summed E-state index contributed by atoms with van der Waals surface area (Å²) in [5.41, 5.74) is -0.679. The van der Waals surface area contributed by atoms with Gasteiger partial charge in [0.05, 0.1) is 6.42 Å². The molecule has 19 heavy (non-hydrogen) atoms. The third-order valence-electron chi connectivity index (χ3n) is 2.35. The van der Waals surface area contributed by atoms with Crippen molar-refractivity contribution in [3.63, 3.8) is 0 Å². The van der Waals surface area contributed by atoms with Gasteiger partial charge in [0.15, 0.2) is 0 Å². The van der Waals surface area contributed by atoms with Crippen LogP contribution in [-0.2, 0) is 9.59 Å². The molecule has 0 aromatic rings. The van der Waals surface area contributed by atoms with Crippen LogP contribution in [0.4, 0.5) is 4.79 Å². The van der Waals surface area contributed by atoms with Gasteiger partial charge in [-0.25, -0.2) is 4.79 Å². The van der Waals surface area contributed by atoms with E-state index in [9.17, 15) is 14.4 Å². The monoisotopic (exact) mass is 270 g/mol. The molecule has 0 spiro atoms. The molecule has 0 aliphatic heterocycles. The predicted octanol–water partition coefficient (Wildman–Crippen LogP) is 1.67. The summed E-state index contributed by atoms with van der Waals surface area (Å²) in [6.07, 6.45) is 4.34. The van der Waals surface area contributed by atoms with Crippen molar-refractivity contribution in [2.45, 2.75) is 40.0 Å². The lowest BCUT2D eigenvalue weighted by Gasteiger charge is -2.21. The van der Waals surface area contributed by atoms with Crippen molar-refractivity contribution in [1.82, 2.24) is 10.6 Å². The van der Waals surface area contributed by atoms with E-state index in [2.05, 4.69) is 10.6 Å². The van der Waals surface area contributed by atoms with Crippen LogP contribution in [0.1, 0.15) is 40.0 Å². The summed E-state index contributed by atoms with van der Waals surface area (Å²) in [6.45, 7) is 5.67. The van der Waals surface area contributed by atoms with E-state index < -0.39 is 23.3 Å². The number of carbonyl (C=O) groups excluding carboxylic acids is 2. The number of carboxylic acids is 1. The highest BCUT2D eigenvalue weighted by atomic mass is 16.4. The summed E-state index contributed by atoms with van der Waals surface area (Å²) in [5, 5.41) is 13.4. The third kappa shape index (κ3) is 9.82. The van der Waals surface area contributed by atoms with Gasteiger partial charge in [-0.2, -0.15) is 0 Å². The first-order valence-corrected chi connectivity index (χ1v) is 6.17. The Morgan fingerprint density at radius 2 is 1.84 bits per heavy atom.